The maximum absolute atomic E-state index is 12.0. The van der Waals surface area contributed by atoms with Crippen molar-refractivity contribution in [2.75, 3.05) is 26.7 Å². The van der Waals surface area contributed by atoms with Gasteiger partial charge in [-0.15, -0.1) is 0 Å². The van der Waals surface area contributed by atoms with Crippen molar-refractivity contribution in [3.05, 3.63) is 17.7 Å². The van der Waals surface area contributed by atoms with Crippen LogP contribution in [0.1, 0.15) is 30.9 Å². The Hall–Kier alpha value is -2.05. The second-order valence-corrected chi connectivity index (χ2v) is 5.11. The van der Waals surface area contributed by atoms with Gasteiger partial charge in [-0.2, -0.15) is 0 Å². The molecule has 2 N–H and O–H groups in total. The number of nitrogens with zero attached hydrogens (tertiary/aromatic N) is 3. The predicted octanol–water partition coefficient (Wildman–Crippen LogP) is 0.653. The molecule has 110 valence electrons. The topological polar surface area (TPSA) is 81.3 Å². The van der Waals surface area contributed by atoms with Crippen LogP contribution >= 0.6 is 0 Å². The number of H-pyrrole nitrogens is 1. The molecule has 2 heterocycles. The average molecular weight is 279 g/mol. The summed E-state index contributed by atoms with van der Waals surface area (Å²) in [5.41, 5.74) is 0.962. The molecule has 3 amide bonds. The van der Waals surface area contributed by atoms with E-state index >= 15 is 0 Å². The van der Waals surface area contributed by atoms with E-state index in [0.29, 0.717) is 13.1 Å². The zero-order chi connectivity index (χ0) is 14.7. The van der Waals surface area contributed by atoms with Gasteiger partial charge in [0.05, 0.1) is 6.04 Å². The van der Waals surface area contributed by atoms with Gasteiger partial charge >= 0.3 is 6.03 Å². The molecule has 1 atom stereocenters. The normalized spacial score (nSPS) is 16.6. The summed E-state index contributed by atoms with van der Waals surface area (Å²) in [7, 11) is 1.74. The lowest BCUT2D eigenvalue weighted by Gasteiger charge is -2.19. The first-order valence-electron chi connectivity index (χ1n) is 6.82. The standard InChI is InChI=1S/C13H21N5O2/c1-4-10(12-14-7-9(2)15-12)16-11(19)8-18-6-5-17(3)13(18)20/h7,10H,4-6,8H2,1-3H3,(H,14,15)(H,16,19). The number of rotatable bonds is 5. The third-order valence-electron chi connectivity index (χ3n) is 3.43. The molecule has 0 saturated carbocycles. The molecule has 1 aliphatic heterocycles. The van der Waals surface area contributed by atoms with E-state index in [1.54, 1.807) is 23.0 Å². The zero-order valence-corrected chi connectivity index (χ0v) is 12.1. The predicted molar refractivity (Wildman–Crippen MR) is 74.1 cm³/mol. The van der Waals surface area contributed by atoms with Crippen LogP contribution in [0.2, 0.25) is 0 Å². The minimum absolute atomic E-state index is 0.0953. The second-order valence-electron chi connectivity index (χ2n) is 5.11. The van der Waals surface area contributed by atoms with E-state index in [9.17, 15) is 9.59 Å². The molecule has 20 heavy (non-hydrogen) atoms. The summed E-state index contributed by atoms with van der Waals surface area (Å²) in [4.78, 5) is 34.3. The minimum atomic E-state index is -0.158. The summed E-state index contributed by atoms with van der Waals surface area (Å²) in [6.45, 7) is 5.26. The first-order chi connectivity index (χ1) is 9.51. The molecule has 0 bridgehead atoms. The summed E-state index contributed by atoms with van der Waals surface area (Å²) < 4.78 is 0. The van der Waals surface area contributed by atoms with Crippen molar-refractivity contribution in [1.29, 1.82) is 0 Å². The molecule has 1 saturated heterocycles. The molecule has 1 aliphatic rings. The lowest BCUT2D eigenvalue weighted by atomic mass is 10.2. The van der Waals surface area contributed by atoms with E-state index in [2.05, 4.69) is 15.3 Å². The number of hydrogen-bond acceptors (Lipinski definition) is 3. The summed E-state index contributed by atoms with van der Waals surface area (Å²) in [5, 5.41) is 2.91. The second kappa shape index (κ2) is 5.94. The average Bonchev–Trinajstić information content (AvgIpc) is 2.97. The van der Waals surface area contributed by atoms with E-state index in [1.807, 2.05) is 13.8 Å². The van der Waals surface area contributed by atoms with E-state index in [4.69, 9.17) is 0 Å². The minimum Gasteiger partial charge on any atom is -0.345 e. The number of nitrogens with one attached hydrogen (secondary N) is 2. The third-order valence-corrected chi connectivity index (χ3v) is 3.43. The molecule has 7 nitrogen and oxygen atoms in total. The first kappa shape index (κ1) is 14.4. The molecule has 0 radical (unpaired) electrons. The van der Waals surface area contributed by atoms with Crippen LogP contribution in [0.4, 0.5) is 4.79 Å². The number of imidazole rings is 1. The number of aromatic nitrogens is 2. The highest BCUT2D eigenvalue weighted by molar-refractivity contribution is 5.85. The van der Waals surface area contributed by atoms with Gasteiger partial charge in [0.25, 0.3) is 0 Å². The van der Waals surface area contributed by atoms with Gasteiger partial charge in [-0.05, 0) is 13.3 Å². The molecular formula is C13H21N5O2. The van der Waals surface area contributed by atoms with Crippen molar-refractivity contribution in [2.24, 2.45) is 0 Å². The fraction of sp³-hybridized carbons (Fsp3) is 0.615. The van der Waals surface area contributed by atoms with Crippen LogP contribution in [0.3, 0.4) is 0 Å². The van der Waals surface area contributed by atoms with Gasteiger partial charge in [0.2, 0.25) is 5.91 Å². The largest absolute Gasteiger partial charge is 0.345 e. The number of carbonyl (C=O) groups is 2. The Labute approximate surface area is 118 Å². The summed E-state index contributed by atoms with van der Waals surface area (Å²) in [6.07, 6.45) is 2.48. The quantitative estimate of drug-likeness (QED) is 0.830. The van der Waals surface area contributed by atoms with E-state index in [0.717, 1.165) is 17.9 Å². The summed E-state index contributed by atoms with van der Waals surface area (Å²) in [6, 6.07) is -0.242. The van der Waals surface area contributed by atoms with Gasteiger partial charge < -0.3 is 20.1 Å². The molecule has 1 aromatic rings. The van der Waals surface area contributed by atoms with Crippen LogP contribution in [0, 0.1) is 6.92 Å². The molecule has 0 aromatic carbocycles. The number of likely N-dealkylation sites (N-methyl/N-ethyl adjacent to an activating group) is 1. The molecule has 0 spiro atoms. The molecule has 1 aromatic heterocycles. The lowest BCUT2D eigenvalue weighted by molar-refractivity contribution is -0.122. The fourth-order valence-corrected chi connectivity index (χ4v) is 2.24. The van der Waals surface area contributed by atoms with E-state index in [-0.39, 0.29) is 24.5 Å². The smallest absolute Gasteiger partial charge is 0.320 e. The molecule has 7 heteroatoms. The number of carbonyl (C=O) groups excluding carboxylic acids is 2. The van der Waals surface area contributed by atoms with Gasteiger partial charge in [-0.25, -0.2) is 9.78 Å². The molecule has 1 fully saturated rings. The highest BCUT2D eigenvalue weighted by atomic mass is 16.2. The highest BCUT2D eigenvalue weighted by Crippen LogP contribution is 2.13. The van der Waals surface area contributed by atoms with Crippen molar-refractivity contribution in [1.82, 2.24) is 25.1 Å². The van der Waals surface area contributed by atoms with Gasteiger partial charge in [-0.3, -0.25) is 4.79 Å². The van der Waals surface area contributed by atoms with Crippen LogP contribution in [-0.2, 0) is 4.79 Å². The van der Waals surface area contributed by atoms with Crippen LogP contribution in [0.25, 0.3) is 0 Å². The molecular weight excluding hydrogens is 258 g/mol. The SMILES string of the molecule is CCC(NC(=O)CN1CCN(C)C1=O)c1ncc(C)[nH]1. The van der Waals surface area contributed by atoms with Crippen molar-refractivity contribution >= 4 is 11.9 Å². The Morgan fingerprint density at radius 2 is 2.30 bits per heavy atom. The Morgan fingerprint density at radius 3 is 2.80 bits per heavy atom. The van der Waals surface area contributed by atoms with Gasteiger partial charge in [0.1, 0.15) is 12.4 Å². The molecule has 1 unspecified atom stereocenters. The fourth-order valence-electron chi connectivity index (χ4n) is 2.24. The maximum Gasteiger partial charge on any atom is 0.320 e. The highest BCUT2D eigenvalue weighted by Gasteiger charge is 2.27. The number of aryl methyl sites for hydroxylation is 1. The van der Waals surface area contributed by atoms with E-state index in [1.165, 1.54) is 0 Å². The Bertz CT molecular complexity index is 499. The Balaban J connectivity index is 1.91. The van der Waals surface area contributed by atoms with Crippen LogP contribution in [0.5, 0.6) is 0 Å². The van der Waals surface area contributed by atoms with Crippen LogP contribution in [-0.4, -0.2) is 58.4 Å². The van der Waals surface area contributed by atoms with Gasteiger partial charge in [0, 0.05) is 32.0 Å². The molecule has 2 rings (SSSR count). The Kier molecular flexibility index (Phi) is 4.26. The van der Waals surface area contributed by atoms with E-state index < -0.39 is 0 Å². The third kappa shape index (κ3) is 3.09. The Morgan fingerprint density at radius 1 is 1.55 bits per heavy atom. The lowest BCUT2D eigenvalue weighted by Crippen LogP contribution is -2.40. The van der Waals surface area contributed by atoms with Crippen LogP contribution < -0.4 is 5.32 Å². The number of urea groups is 1. The van der Waals surface area contributed by atoms with Crippen molar-refractivity contribution in [2.45, 2.75) is 26.3 Å². The zero-order valence-electron chi connectivity index (χ0n) is 12.1. The number of amides is 3. The monoisotopic (exact) mass is 279 g/mol. The van der Waals surface area contributed by atoms with Gasteiger partial charge in [0.15, 0.2) is 0 Å². The van der Waals surface area contributed by atoms with Crippen molar-refractivity contribution < 1.29 is 9.59 Å². The van der Waals surface area contributed by atoms with Gasteiger partial charge in [-0.1, -0.05) is 6.92 Å². The van der Waals surface area contributed by atoms with Crippen molar-refractivity contribution in [3.63, 3.8) is 0 Å². The summed E-state index contributed by atoms with van der Waals surface area (Å²) in [5.74, 6) is 0.595. The van der Waals surface area contributed by atoms with Crippen molar-refractivity contribution in [3.8, 4) is 0 Å². The van der Waals surface area contributed by atoms with Crippen LogP contribution in [0.15, 0.2) is 6.20 Å². The number of hydrogen-bond donors (Lipinski definition) is 2. The molecule has 0 aliphatic carbocycles. The first-order valence-corrected chi connectivity index (χ1v) is 6.82. The summed E-state index contributed by atoms with van der Waals surface area (Å²) >= 11 is 0. The maximum atomic E-state index is 12.0. The number of aromatic amines is 1.